The summed E-state index contributed by atoms with van der Waals surface area (Å²) in [4.78, 5) is 5.65. The molecule has 100 valence electrons. The van der Waals surface area contributed by atoms with Gasteiger partial charge in [0.2, 0.25) is 5.13 Å². The molecule has 3 nitrogen and oxygen atoms in total. The number of benzene rings is 2. The summed E-state index contributed by atoms with van der Waals surface area (Å²) in [6.45, 7) is 2.08. The molecule has 0 bridgehead atoms. The predicted octanol–water partition coefficient (Wildman–Crippen LogP) is 4.63. The van der Waals surface area contributed by atoms with Gasteiger partial charge in [0.25, 0.3) is 0 Å². The molecule has 0 amide bonds. The van der Waals surface area contributed by atoms with E-state index >= 15 is 0 Å². The second-order valence-corrected chi connectivity index (χ2v) is 5.94. The van der Waals surface area contributed by atoms with Gasteiger partial charge in [-0.3, -0.25) is 0 Å². The van der Waals surface area contributed by atoms with Crippen LogP contribution in [0.2, 0.25) is 0 Å². The molecule has 0 fully saturated rings. The maximum atomic E-state index is 4.49. The minimum Gasteiger partial charge on any atom is -0.300 e. The van der Waals surface area contributed by atoms with E-state index in [0.717, 1.165) is 21.4 Å². The molecular weight excluding hydrogens is 286 g/mol. The third-order valence-electron chi connectivity index (χ3n) is 2.74. The van der Waals surface area contributed by atoms with E-state index in [1.54, 1.807) is 11.9 Å². The zero-order valence-corrected chi connectivity index (χ0v) is 12.5. The number of aromatic nitrogens is 2. The molecule has 0 radical (unpaired) electrons. The van der Waals surface area contributed by atoms with E-state index in [2.05, 4.69) is 45.3 Å². The molecule has 1 N–H and O–H groups in total. The van der Waals surface area contributed by atoms with Crippen LogP contribution < -0.4 is 4.72 Å². The molecule has 3 rings (SSSR count). The Morgan fingerprint density at radius 2 is 1.75 bits per heavy atom. The first-order valence-corrected chi connectivity index (χ1v) is 7.79. The van der Waals surface area contributed by atoms with Gasteiger partial charge in [-0.25, -0.2) is 0 Å². The summed E-state index contributed by atoms with van der Waals surface area (Å²) < 4.78 is 7.60. The lowest BCUT2D eigenvalue weighted by atomic mass is 10.2. The van der Waals surface area contributed by atoms with Crippen molar-refractivity contribution in [1.82, 2.24) is 9.36 Å². The van der Waals surface area contributed by atoms with Gasteiger partial charge in [0.05, 0.1) is 0 Å². The maximum absolute atomic E-state index is 4.49. The molecule has 5 heteroatoms. The van der Waals surface area contributed by atoms with E-state index < -0.39 is 0 Å². The largest absolute Gasteiger partial charge is 0.300 e. The highest BCUT2D eigenvalue weighted by atomic mass is 32.2. The molecule has 0 atom stereocenters. The molecule has 2 aromatic carbocycles. The molecule has 0 spiro atoms. The van der Waals surface area contributed by atoms with E-state index in [0.29, 0.717) is 0 Å². The van der Waals surface area contributed by atoms with Crippen LogP contribution in [0.4, 0.5) is 5.13 Å². The number of hydrogen-bond acceptors (Lipinski definition) is 5. The zero-order valence-electron chi connectivity index (χ0n) is 10.9. The summed E-state index contributed by atoms with van der Waals surface area (Å²) in [5.41, 5.74) is 2.30. The fourth-order valence-electron chi connectivity index (χ4n) is 1.68. The molecular formula is C15H13N3S2. The Labute approximate surface area is 126 Å². The Hall–Kier alpha value is -1.85. The monoisotopic (exact) mass is 299 g/mol. The van der Waals surface area contributed by atoms with E-state index in [4.69, 9.17) is 0 Å². The van der Waals surface area contributed by atoms with Crippen LogP contribution in [0.25, 0.3) is 11.4 Å². The molecule has 0 saturated carbocycles. The summed E-state index contributed by atoms with van der Waals surface area (Å²) in [5, 5.41) is 0.814. The van der Waals surface area contributed by atoms with Gasteiger partial charge in [0.1, 0.15) is 0 Å². The normalized spacial score (nSPS) is 10.4. The van der Waals surface area contributed by atoms with Crippen molar-refractivity contribution in [3.63, 3.8) is 0 Å². The van der Waals surface area contributed by atoms with Gasteiger partial charge >= 0.3 is 0 Å². The molecule has 1 aromatic heterocycles. The summed E-state index contributed by atoms with van der Waals surface area (Å²) in [7, 11) is 0. The van der Waals surface area contributed by atoms with Crippen molar-refractivity contribution in [1.29, 1.82) is 0 Å². The van der Waals surface area contributed by atoms with Crippen molar-refractivity contribution in [2.24, 2.45) is 0 Å². The SMILES string of the molecule is Cc1ccc(SNc2nc(-c3ccccc3)ns2)cc1. The summed E-state index contributed by atoms with van der Waals surface area (Å²) in [6, 6.07) is 18.4. The molecule has 0 aliphatic carbocycles. The number of hydrogen-bond donors (Lipinski definition) is 1. The van der Waals surface area contributed by atoms with Crippen LogP contribution in [0.1, 0.15) is 5.56 Å². The Kier molecular flexibility index (Phi) is 3.99. The number of rotatable bonds is 4. The van der Waals surface area contributed by atoms with Gasteiger partial charge in [-0.1, -0.05) is 48.0 Å². The average Bonchev–Trinajstić information content (AvgIpc) is 2.97. The topological polar surface area (TPSA) is 37.8 Å². The molecule has 1 heterocycles. The average molecular weight is 299 g/mol. The second-order valence-electron chi connectivity index (χ2n) is 4.31. The van der Waals surface area contributed by atoms with Gasteiger partial charge in [0, 0.05) is 22.0 Å². The second kappa shape index (κ2) is 6.07. The molecule has 20 heavy (non-hydrogen) atoms. The number of anilines is 1. The van der Waals surface area contributed by atoms with Crippen LogP contribution in [0.5, 0.6) is 0 Å². The van der Waals surface area contributed by atoms with Crippen molar-refractivity contribution >= 4 is 28.6 Å². The highest BCUT2D eigenvalue weighted by molar-refractivity contribution is 8.00. The van der Waals surface area contributed by atoms with Gasteiger partial charge < -0.3 is 4.72 Å². The van der Waals surface area contributed by atoms with Crippen LogP contribution >= 0.6 is 23.5 Å². The fraction of sp³-hybridized carbons (Fsp3) is 0.0667. The van der Waals surface area contributed by atoms with Crippen molar-refractivity contribution in [3.8, 4) is 11.4 Å². The van der Waals surface area contributed by atoms with Crippen molar-refractivity contribution in [2.75, 3.05) is 4.72 Å². The fourth-order valence-corrected chi connectivity index (χ4v) is 2.92. The molecule has 0 unspecified atom stereocenters. The number of nitrogens with zero attached hydrogens (tertiary/aromatic N) is 2. The lowest BCUT2D eigenvalue weighted by Gasteiger charge is -2.01. The van der Waals surface area contributed by atoms with Crippen molar-refractivity contribution in [3.05, 3.63) is 60.2 Å². The lowest BCUT2D eigenvalue weighted by Crippen LogP contribution is -1.86. The Morgan fingerprint density at radius 3 is 2.50 bits per heavy atom. The Bertz CT molecular complexity index is 678. The van der Waals surface area contributed by atoms with E-state index in [1.165, 1.54) is 17.1 Å². The van der Waals surface area contributed by atoms with E-state index in [9.17, 15) is 0 Å². The standard InChI is InChI=1S/C15H13N3S2/c1-11-7-9-13(10-8-11)19-18-15-16-14(17-20-15)12-5-3-2-4-6-12/h2-10H,1H3,(H,16,17,18). The van der Waals surface area contributed by atoms with Crippen LogP contribution in [-0.2, 0) is 0 Å². The smallest absolute Gasteiger partial charge is 0.213 e. The Balaban J connectivity index is 1.67. The first kappa shape index (κ1) is 13.1. The number of aryl methyl sites for hydroxylation is 1. The molecule has 3 aromatic rings. The minimum atomic E-state index is 0.766. The van der Waals surface area contributed by atoms with Crippen LogP contribution in [0.15, 0.2) is 59.5 Å². The quantitative estimate of drug-likeness (QED) is 0.713. The number of nitrogens with one attached hydrogen (secondary N) is 1. The molecule has 0 aliphatic rings. The van der Waals surface area contributed by atoms with Crippen LogP contribution in [-0.4, -0.2) is 9.36 Å². The summed E-state index contributed by atoms with van der Waals surface area (Å²) in [5.74, 6) is 0.766. The minimum absolute atomic E-state index is 0.766. The first-order chi connectivity index (χ1) is 9.81. The lowest BCUT2D eigenvalue weighted by molar-refractivity contribution is 1.33. The van der Waals surface area contributed by atoms with Gasteiger partial charge in [-0.2, -0.15) is 9.36 Å². The van der Waals surface area contributed by atoms with Crippen molar-refractivity contribution in [2.45, 2.75) is 11.8 Å². The van der Waals surface area contributed by atoms with Gasteiger partial charge in [-0.15, -0.1) is 0 Å². The highest BCUT2D eigenvalue weighted by Crippen LogP contribution is 2.25. The third-order valence-corrected chi connectivity index (χ3v) is 4.30. The predicted molar refractivity (Wildman–Crippen MR) is 86.0 cm³/mol. The van der Waals surface area contributed by atoms with Gasteiger partial charge in [-0.05, 0) is 31.0 Å². The first-order valence-electron chi connectivity index (χ1n) is 6.20. The maximum Gasteiger partial charge on any atom is 0.213 e. The van der Waals surface area contributed by atoms with Crippen LogP contribution in [0, 0.1) is 6.92 Å². The molecule has 0 aliphatic heterocycles. The van der Waals surface area contributed by atoms with Crippen molar-refractivity contribution < 1.29 is 0 Å². The highest BCUT2D eigenvalue weighted by Gasteiger charge is 2.06. The van der Waals surface area contributed by atoms with E-state index in [1.807, 2.05) is 30.3 Å². The summed E-state index contributed by atoms with van der Waals surface area (Å²) in [6.07, 6.45) is 0. The molecule has 0 saturated heterocycles. The van der Waals surface area contributed by atoms with E-state index in [-0.39, 0.29) is 0 Å². The van der Waals surface area contributed by atoms with Gasteiger partial charge in [0.15, 0.2) is 5.82 Å². The van der Waals surface area contributed by atoms with Crippen LogP contribution in [0.3, 0.4) is 0 Å². The zero-order chi connectivity index (χ0) is 13.8. The third kappa shape index (κ3) is 3.18. The Morgan fingerprint density at radius 1 is 1.00 bits per heavy atom. The summed E-state index contributed by atoms with van der Waals surface area (Å²) >= 11 is 2.92.